The molecule has 208 valence electrons. The zero-order valence-corrected chi connectivity index (χ0v) is 23.5. The van der Waals surface area contributed by atoms with Gasteiger partial charge in [0.25, 0.3) is 0 Å². The minimum atomic E-state index is -0.398. The number of thiocarbonyl (C=S) groups is 1. The van der Waals surface area contributed by atoms with E-state index in [9.17, 15) is 4.79 Å². The molecule has 3 heterocycles. The van der Waals surface area contributed by atoms with Crippen molar-refractivity contribution in [3.05, 3.63) is 71.0 Å². The van der Waals surface area contributed by atoms with Crippen molar-refractivity contribution in [2.75, 3.05) is 50.7 Å². The maximum Gasteiger partial charge on any atom is 0.337 e. The highest BCUT2D eigenvalue weighted by atomic mass is 32.1. The summed E-state index contributed by atoms with van der Waals surface area (Å²) < 4.78 is 15.7. The van der Waals surface area contributed by atoms with E-state index in [4.69, 9.17) is 31.4 Å². The maximum absolute atomic E-state index is 11.7. The minimum absolute atomic E-state index is 0.264. The number of aliphatic imine (C=N–C) groups is 1. The number of methoxy groups -OCH3 is 1. The summed E-state index contributed by atoms with van der Waals surface area (Å²) in [5, 5.41) is 6.67. The normalized spacial score (nSPS) is 15.1. The van der Waals surface area contributed by atoms with Crippen LogP contribution in [-0.2, 0) is 11.3 Å². The molecule has 0 amide bonds. The first kappa shape index (κ1) is 27.3. The van der Waals surface area contributed by atoms with Gasteiger partial charge in [-0.05, 0) is 74.1 Å². The quantitative estimate of drug-likeness (QED) is 0.206. The first-order valence-electron chi connectivity index (χ1n) is 12.9. The van der Waals surface area contributed by atoms with Crippen LogP contribution in [0.25, 0.3) is 0 Å². The number of aromatic nitrogens is 2. The Labute approximate surface area is 238 Å². The summed E-state index contributed by atoms with van der Waals surface area (Å²) in [5.41, 5.74) is 4.05. The molecule has 2 aromatic carbocycles. The molecule has 1 saturated heterocycles. The third-order valence-electron chi connectivity index (χ3n) is 6.49. The number of rotatable bonds is 5. The molecular weight excluding hydrogens is 530 g/mol. The van der Waals surface area contributed by atoms with Crippen LogP contribution in [0.1, 0.15) is 27.3 Å². The number of benzene rings is 2. The molecule has 1 fully saturated rings. The highest BCUT2D eigenvalue weighted by Gasteiger charge is 2.22. The first-order valence-corrected chi connectivity index (χ1v) is 13.3. The van der Waals surface area contributed by atoms with Crippen molar-refractivity contribution in [2.24, 2.45) is 4.99 Å². The fourth-order valence-corrected chi connectivity index (χ4v) is 4.73. The van der Waals surface area contributed by atoms with Gasteiger partial charge in [0.2, 0.25) is 23.8 Å². The average molecular weight is 562 g/mol. The molecule has 0 bridgehead atoms. The van der Waals surface area contributed by atoms with Crippen molar-refractivity contribution in [1.82, 2.24) is 19.8 Å². The van der Waals surface area contributed by atoms with Crippen LogP contribution >= 0.6 is 12.2 Å². The van der Waals surface area contributed by atoms with Crippen LogP contribution in [0, 0.1) is 13.8 Å². The van der Waals surface area contributed by atoms with Crippen molar-refractivity contribution < 1.29 is 19.0 Å². The van der Waals surface area contributed by atoms with E-state index in [-0.39, 0.29) is 11.9 Å². The van der Waals surface area contributed by atoms with Crippen LogP contribution in [0.5, 0.6) is 11.5 Å². The topological polar surface area (TPSA) is 113 Å². The summed E-state index contributed by atoms with van der Waals surface area (Å²) in [6, 6.07) is 14.8. The van der Waals surface area contributed by atoms with Gasteiger partial charge in [-0.25, -0.2) is 14.8 Å². The number of ether oxygens (including phenoxy) is 3. The van der Waals surface area contributed by atoms with Crippen molar-refractivity contribution in [1.29, 1.82) is 0 Å². The zero-order chi connectivity index (χ0) is 28.1. The number of fused-ring (bicyclic) bond motifs is 1. The predicted octanol–water partition coefficient (Wildman–Crippen LogP) is 3.59. The molecule has 0 radical (unpaired) electrons. The summed E-state index contributed by atoms with van der Waals surface area (Å²) in [4.78, 5) is 30.0. The summed E-state index contributed by atoms with van der Waals surface area (Å²) in [6.45, 7) is 8.06. The van der Waals surface area contributed by atoms with Crippen LogP contribution in [0.3, 0.4) is 0 Å². The number of hydrogen-bond donors (Lipinski definition) is 2. The van der Waals surface area contributed by atoms with E-state index in [1.165, 1.54) is 12.7 Å². The number of nitrogens with zero attached hydrogens (tertiary/aromatic N) is 5. The van der Waals surface area contributed by atoms with Crippen molar-refractivity contribution in [3.8, 4) is 11.5 Å². The second-order valence-electron chi connectivity index (χ2n) is 9.48. The van der Waals surface area contributed by atoms with Gasteiger partial charge in [0.1, 0.15) is 0 Å². The van der Waals surface area contributed by atoms with Crippen molar-refractivity contribution >= 4 is 40.9 Å². The van der Waals surface area contributed by atoms with E-state index in [0.29, 0.717) is 23.2 Å². The van der Waals surface area contributed by atoms with Gasteiger partial charge < -0.3 is 24.4 Å². The van der Waals surface area contributed by atoms with Gasteiger partial charge in [-0.1, -0.05) is 6.07 Å². The Bertz CT molecular complexity index is 1400. The number of aryl methyl sites for hydroxylation is 2. The molecule has 0 aliphatic carbocycles. The number of carbonyl (C=O) groups excluding carboxylic acids is 1. The molecule has 1 aromatic heterocycles. The number of piperazine rings is 1. The van der Waals surface area contributed by atoms with Crippen LogP contribution in [0.2, 0.25) is 0 Å². The lowest BCUT2D eigenvalue weighted by Gasteiger charge is -2.36. The lowest BCUT2D eigenvalue weighted by Crippen LogP contribution is -2.50. The summed E-state index contributed by atoms with van der Waals surface area (Å²) in [6.07, 6.45) is 0. The standard InChI is InChI=1S/C28H31N7O4S/c1-18-14-19(2)30-26(29-18)32-27(33-28(40)31-22-7-5-21(6-8-22)25(36)37-3)35-12-10-34(11-13-35)16-20-4-9-23-24(15-20)39-17-38-23/h4-9,14-15H,10-13,16-17H2,1-3H3,(H2,29,30,31,32,33,40). The van der Waals surface area contributed by atoms with Crippen LogP contribution < -0.4 is 20.1 Å². The molecule has 2 N–H and O–H groups in total. The molecule has 3 aromatic rings. The van der Waals surface area contributed by atoms with E-state index in [0.717, 1.165) is 55.6 Å². The number of nitrogens with one attached hydrogen (secondary N) is 2. The number of hydrogen-bond acceptors (Lipinski definition) is 8. The van der Waals surface area contributed by atoms with E-state index in [2.05, 4.69) is 36.5 Å². The first-order chi connectivity index (χ1) is 19.4. The number of anilines is 2. The third kappa shape index (κ3) is 6.82. The lowest BCUT2D eigenvalue weighted by molar-refractivity contribution is 0.0600. The summed E-state index contributed by atoms with van der Waals surface area (Å²) in [7, 11) is 1.35. The van der Waals surface area contributed by atoms with E-state index < -0.39 is 5.97 Å². The second kappa shape index (κ2) is 12.3. The number of guanidine groups is 1. The van der Waals surface area contributed by atoms with Crippen LogP contribution in [0.4, 0.5) is 11.6 Å². The largest absolute Gasteiger partial charge is 0.465 e. The SMILES string of the molecule is COC(=O)c1ccc(NC(=S)/N=C(/Nc2nc(C)cc(C)n2)N2CCN(Cc3ccc4c(c3)OCO4)CC2)cc1. The molecule has 11 nitrogen and oxygen atoms in total. The average Bonchev–Trinajstić information content (AvgIpc) is 3.41. The Morgan fingerprint density at radius 1 is 0.975 bits per heavy atom. The Hall–Kier alpha value is -4.29. The van der Waals surface area contributed by atoms with Crippen molar-refractivity contribution in [2.45, 2.75) is 20.4 Å². The molecule has 40 heavy (non-hydrogen) atoms. The molecular formula is C28H31N7O4S. The molecule has 2 aliphatic heterocycles. The molecule has 5 rings (SSSR count). The third-order valence-corrected chi connectivity index (χ3v) is 6.68. The van der Waals surface area contributed by atoms with E-state index >= 15 is 0 Å². The predicted molar refractivity (Wildman–Crippen MR) is 156 cm³/mol. The molecule has 0 unspecified atom stereocenters. The van der Waals surface area contributed by atoms with Crippen molar-refractivity contribution in [3.63, 3.8) is 0 Å². The summed E-state index contributed by atoms with van der Waals surface area (Å²) >= 11 is 5.58. The highest BCUT2D eigenvalue weighted by molar-refractivity contribution is 7.80. The fourth-order valence-electron chi connectivity index (χ4n) is 4.53. The van der Waals surface area contributed by atoms with E-state index in [1.807, 2.05) is 32.0 Å². The Balaban J connectivity index is 1.27. The highest BCUT2D eigenvalue weighted by Crippen LogP contribution is 2.32. The number of carbonyl (C=O) groups is 1. The van der Waals surface area contributed by atoms with Gasteiger partial charge in [-0.2, -0.15) is 4.99 Å². The van der Waals surface area contributed by atoms with Crippen LogP contribution in [0.15, 0.2) is 53.5 Å². The minimum Gasteiger partial charge on any atom is -0.465 e. The Morgan fingerprint density at radius 2 is 1.68 bits per heavy atom. The zero-order valence-electron chi connectivity index (χ0n) is 22.6. The van der Waals surface area contributed by atoms with Gasteiger partial charge in [0, 0.05) is 49.8 Å². The lowest BCUT2D eigenvalue weighted by atomic mass is 10.1. The molecule has 0 spiro atoms. The van der Waals surface area contributed by atoms with Gasteiger partial charge in [0.15, 0.2) is 11.5 Å². The van der Waals surface area contributed by atoms with Gasteiger partial charge in [-0.15, -0.1) is 0 Å². The fraction of sp³-hybridized carbons (Fsp3) is 0.321. The smallest absolute Gasteiger partial charge is 0.337 e. The molecule has 0 saturated carbocycles. The van der Waals surface area contributed by atoms with Crippen LogP contribution in [-0.4, -0.2) is 76.9 Å². The van der Waals surface area contributed by atoms with Gasteiger partial charge in [0.05, 0.1) is 12.7 Å². The molecule has 0 atom stereocenters. The van der Waals surface area contributed by atoms with E-state index in [1.54, 1.807) is 24.3 Å². The monoisotopic (exact) mass is 561 g/mol. The Morgan fingerprint density at radius 3 is 2.38 bits per heavy atom. The maximum atomic E-state index is 11.7. The Kier molecular flexibility index (Phi) is 8.37. The molecule has 2 aliphatic rings. The van der Waals surface area contributed by atoms with Gasteiger partial charge >= 0.3 is 5.97 Å². The summed E-state index contributed by atoms with van der Waals surface area (Å²) in [5.74, 6) is 2.22. The van der Waals surface area contributed by atoms with Gasteiger partial charge in [-0.3, -0.25) is 10.2 Å². The molecule has 12 heteroatoms. The number of esters is 1. The second-order valence-corrected chi connectivity index (χ2v) is 9.87.